The molecule has 0 radical (unpaired) electrons. The maximum absolute atomic E-state index is 13.8. The zero-order chi connectivity index (χ0) is 51.3. The van der Waals surface area contributed by atoms with Crippen LogP contribution < -0.4 is 37.9 Å². The number of aromatic nitrogens is 1. The summed E-state index contributed by atoms with van der Waals surface area (Å²) in [6, 6.07) is 14.0. The summed E-state index contributed by atoms with van der Waals surface area (Å²) in [4.78, 5) is 82.1. The van der Waals surface area contributed by atoms with E-state index in [0.717, 1.165) is 81.6 Å². The minimum atomic E-state index is -0.973. The lowest BCUT2D eigenvalue weighted by atomic mass is 9.88. The molecule has 7 heterocycles. The van der Waals surface area contributed by atoms with Crippen LogP contribution in [0.15, 0.2) is 71.1 Å². The van der Waals surface area contributed by atoms with Crippen molar-refractivity contribution >= 4 is 64.1 Å². The molecule has 3 aromatic rings. The van der Waals surface area contributed by atoms with E-state index in [1.165, 1.54) is 17.9 Å². The molecule has 0 saturated carbocycles. The molecule has 4 saturated heterocycles. The van der Waals surface area contributed by atoms with Gasteiger partial charge in [0.05, 0.1) is 28.0 Å². The number of nitrogens with zero attached hydrogens (tertiary/aromatic N) is 9. The van der Waals surface area contributed by atoms with Crippen molar-refractivity contribution in [1.82, 2.24) is 34.9 Å². The Bertz CT molecular complexity index is 2730. The summed E-state index contributed by atoms with van der Waals surface area (Å²) in [6.07, 6.45) is 6.40. The number of hydrazine groups is 1. The van der Waals surface area contributed by atoms with E-state index in [-0.39, 0.29) is 30.4 Å². The molecule has 3 atom stereocenters. The van der Waals surface area contributed by atoms with Crippen LogP contribution in [0.4, 0.5) is 22.9 Å². The highest BCUT2D eigenvalue weighted by Gasteiger charge is 2.46. The Labute approximate surface area is 421 Å². The van der Waals surface area contributed by atoms with Crippen molar-refractivity contribution in [2.75, 3.05) is 80.3 Å². The van der Waals surface area contributed by atoms with Crippen molar-refractivity contribution in [2.45, 2.75) is 96.8 Å². The standard InChI is InChI=1S/C52H69N15O5/c1-30-26-64(43-23-35(13-18-57-43)46(54)40-24-36(7-10-41(40)53)58-48(70)45-32(3)61(6)51(60-55)67(56)52(45,4)5)27-31(2)65(30)29-34-14-19-62(20-15-34)28-33-16-21-63(22-17-33)37-8-9-38-39(25-37)50(72)66(49(38)71)42-11-12-44(68)59-47(42)69/h7-10,13,18,23-25,30-31,33-34,42,54H,11-12,14-17,19-22,26-29,53,55-56H2,1-6H3,(H,58,70)(H,59,68,69)/b54-46?,60-51-. The largest absolute Gasteiger partial charge is 0.398 e. The first-order valence-corrected chi connectivity index (χ1v) is 25.2. The Balaban J connectivity index is 0.744. The summed E-state index contributed by atoms with van der Waals surface area (Å²) in [6.45, 7) is 17.8. The number of likely N-dealkylation sites (tertiary alicyclic amines) is 1. The van der Waals surface area contributed by atoms with E-state index in [4.69, 9.17) is 22.4 Å². The number of hydrazone groups is 1. The lowest BCUT2D eigenvalue weighted by Crippen LogP contribution is -2.63. The van der Waals surface area contributed by atoms with Crippen molar-refractivity contribution in [3.8, 4) is 0 Å². The van der Waals surface area contributed by atoms with Gasteiger partial charge in [0.2, 0.25) is 17.8 Å². The highest BCUT2D eigenvalue weighted by Crippen LogP contribution is 2.36. The zero-order valence-electron chi connectivity index (χ0n) is 42.3. The molecular formula is C52H69N15O5. The molecule has 0 aliphatic carbocycles. The summed E-state index contributed by atoms with van der Waals surface area (Å²) < 4.78 is 0. The van der Waals surface area contributed by atoms with Crippen LogP contribution in [-0.2, 0) is 14.4 Å². The van der Waals surface area contributed by atoms with Gasteiger partial charge in [0.1, 0.15) is 11.9 Å². The van der Waals surface area contributed by atoms with Gasteiger partial charge in [-0.1, -0.05) is 0 Å². The number of pyridine rings is 1. The lowest BCUT2D eigenvalue weighted by molar-refractivity contribution is -0.136. The molecule has 3 unspecified atom stereocenters. The van der Waals surface area contributed by atoms with Crippen LogP contribution in [0.5, 0.6) is 0 Å². The Morgan fingerprint density at radius 1 is 0.875 bits per heavy atom. The van der Waals surface area contributed by atoms with Gasteiger partial charge in [0.25, 0.3) is 17.7 Å². The van der Waals surface area contributed by atoms with Gasteiger partial charge in [0, 0.05) is 105 Å². The second kappa shape index (κ2) is 20.0. The lowest BCUT2D eigenvalue weighted by Gasteiger charge is -2.47. The predicted octanol–water partition coefficient (Wildman–Crippen LogP) is 3.35. The van der Waals surface area contributed by atoms with Crippen molar-refractivity contribution in [3.63, 3.8) is 0 Å². The fraction of sp³-hybridized carbons (Fsp3) is 0.500. The molecule has 0 spiro atoms. The molecule has 9 rings (SSSR count). The number of amides is 5. The number of hydrogen-bond acceptors (Lipinski definition) is 15. The molecule has 72 heavy (non-hydrogen) atoms. The van der Waals surface area contributed by atoms with E-state index in [1.807, 2.05) is 39.0 Å². The molecule has 20 nitrogen and oxygen atoms in total. The molecule has 5 amide bonds. The third-order valence-electron chi connectivity index (χ3n) is 16.1. The quantitative estimate of drug-likeness (QED) is 0.0530. The molecule has 9 N–H and O–H groups in total. The molecule has 4 fully saturated rings. The van der Waals surface area contributed by atoms with Crippen molar-refractivity contribution < 1.29 is 24.0 Å². The van der Waals surface area contributed by atoms with Crippen molar-refractivity contribution in [1.29, 1.82) is 5.41 Å². The van der Waals surface area contributed by atoms with Gasteiger partial charge in [-0.15, -0.1) is 5.10 Å². The number of rotatable bonds is 11. The van der Waals surface area contributed by atoms with Crippen molar-refractivity contribution in [3.05, 3.63) is 88.3 Å². The number of fused-ring (bicyclic) bond motifs is 1. The number of imide groups is 2. The third kappa shape index (κ3) is 9.49. The Morgan fingerprint density at radius 3 is 2.22 bits per heavy atom. The van der Waals surface area contributed by atoms with Crippen LogP contribution >= 0.6 is 0 Å². The van der Waals surface area contributed by atoms with E-state index >= 15 is 0 Å². The predicted molar refractivity (Wildman–Crippen MR) is 277 cm³/mol. The number of allylic oxidation sites excluding steroid dienone is 1. The number of carbonyl (C=O) groups excluding carboxylic acids is 5. The first-order chi connectivity index (χ1) is 34.3. The van der Waals surface area contributed by atoms with Gasteiger partial charge >= 0.3 is 0 Å². The van der Waals surface area contributed by atoms with Crippen LogP contribution in [0, 0.1) is 17.2 Å². The number of piperidine rings is 3. The molecular weight excluding hydrogens is 915 g/mol. The fourth-order valence-electron chi connectivity index (χ4n) is 11.8. The van der Waals surface area contributed by atoms with Crippen LogP contribution in [0.2, 0.25) is 0 Å². The second-order valence-electron chi connectivity index (χ2n) is 21.1. The molecule has 6 aliphatic rings. The van der Waals surface area contributed by atoms with E-state index in [2.05, 4.69) is 49.2 Å². The zero-order valence-corrected chi connectivity index (χ0v) is 42.3. The van der Waals surface area contributed by atoms with Crippen LogP contribution in [-0.4, -0.2) is 154 Å². The highest BCUT2D eigenvalue weighted by atomic mass is 16.2. The van der Waals surface area contributed by atoms with Gasteiger partial charge in [0.15, 0.2) is 0 Å². The number of benzene rings is 2. The van der Waals surface area contributed by atoms with Crippen LogP contribution in [0.25, 0.3) is 0 Å². The van der Waals surface area contributed by atoms with Crippen LogP contribution in [0.3, 0.4) is 0 Å². The average molecular weight is 984 g/mol. The Morgan fingerprint density at radius 2 is 1.54 bits per heavy atom. The maximum atomic E-state index is 13.8. The maximum Gasteiger partial charge on any atom is 0.262 e. The molecule has 2 aromatic carbocycles. The first kappa shape index (κ1) is 50.1. The summed E-state index contributed by atoms with van der Waals surface area (Å²) in [7, 11) is 1.75. The number of guanidine groups is 1. The Kier molecular flexibility index (Phi) is 13.9. The summed E-state index contributed by atoms with van der Waals surface area (Å²) in [5.41, 5.74) is 10.5. The normalized spacial score (nSPS) is 24.3. The number of hydrogen-bond donors (Lipinski definition) is 6. The number of anilines is 4. The van der Waals surface area contributed by atoms with Crippen LogP contribution in [0.1, 0.15) is 105 Å². The first-order valence-electron chi connectivity index (χ1n) is 25.2. The number of nitrogens with one attached hydrogen (secondary N) is 3. The second-order valence-corrected chi connectivity index (χ2v) is 21.1. The van der Waals surface area contributed by atoms with E-state index in [0.29, 0.717) is 74.8 Å². The summed E-state index contributed by atoms with van der Waals surface area (Å²) >= 11 is 0. The number of nitrogens with two attached hydrogens (primary N) is 3. The van der Waals surface area contributed by atoms with E-state index < -0.39 is 29.3 Å². The van der Waals surface area contributed by atoms with Gasteiger partial charge < -0.3 is 36.5 Å². The van der Waals surface area contributed by atoms with Gasteiger partial charge in [-0.3, -0.25) is 49.5 Å². The average Bonchev–Trinajstić information content (AvgIpc) is 3.60. The third-order valence-corrected chi connectivity index (χ3v) is 16.1. The van der Waals surface area contributed by atoms with E-state index in [9.17, 15) is 29.4 Å². The number of nitrogen functional groups attached to an aromatic ring is 1. The smallest absolute Gasteiger partial charge is 0.262 e. The SMILES string of the molecule is CC1=C(C(=O)Nc2ccc(N)c(C(=N)c3ccnc(N4CC(C)N(CC5CCN(CC6CCN(c7ccc8c(c7)C(=O)N(C7CCC(=O)NC7=O)C8=O)CC6)CC5)C(C)C4)c3)c2)C(C)(C)N(N)/C(=N\N)N1C. The topological polar surface area (TPSA) is 259 Å². The Hall–Kier alpha value is -6.90. The molecule has 6 aliphatic heterocycles. The number of carbonyl (C=O) groups is 5. The van der Waals surface area contributed by atoms with Gasteiger partial charge in [-0.25, -0.2) is 10.8 Å². The molecule has 1 aromatic heterocycles. The highest BCUT2D eigenvalue weighted by molar-refractivity contribution is 6.24. The minimum absolute atomic E-state index is 0.0926. The summed E-state index contributed by atoms with van der Waals surface area (Å²) in [5.74, 6) is 12.1. The fourth-order valence-corrected chi connectivity index (χ4v) is 11.8. The molecule has 0 bridgehead atoms. The summed E-state index contributed by atoms with van der Waals surface area (Å²) in [5, 5.41) is 19.8. The van der Waals surface area contributed by atoms with Gasteiger partial charge in [-0.2, -0.15) is 0 Å². The van der Waals surface area contributed by atoms with Crippen molar-refractivity contribution in [2.24, 2.45) is 28.6 Å². The molecule has 20 heteroatoms. The monoisotopic (exact) mass is 984 g/mol. The number of piperazine rings is 1. The minimum Gasteiger partial charge on any atom is -0.398 e. The van der Waals surface area contributed by atoms with Gasteiger partial charge in [-0.05, 0) is 140 Å². The molecule has 382 valence electrons. The van der Waals surface area contributed by atoms with E-state index in [1.54, 1.807) is 48.5 Å².